The van der Waals surface area contributed by atoms with E-state index in [2.05, 4.69) is 4.98 Å². The van der Waals surface area contributed by atoms with E-state index in [1.165, 1.54) is 6.08 Å². The van der Waals surface area contributed by atoms with Crippen LogP contribution in [0.25, 0.3) is 16.8 Å². The van der Waals surface area contributed by atoms with Crippen LogP contribution in [0.4, 0.5) is 0 Å². The molecule has 0 saturated heterocycles. The number of nitrogens with zero attached hydrogens (tertiary/aromatic N) is 1. The van der Waals surface area contributed by atoms with Gasteiger partial charge >= 0.3 is 0 Å². The predicted octanol–water partition coefficient (Wildman–Crippen LogP) is 2.45. The molecule has 0 aliphatic carbocycles. The third kappa shape index (κ3) is 1.55. The number of aromatic nitrogens is 1. The second kappa shape index (κ2) is 3.83. The lowest BCUT2D eigenvalue weighted by molar-refractivity contribution is -0.104. The van der Waals surface area contributed by atoms with E-state index in [4.69, 9.17) is 0 Å². The summed E-state index contributed by atoms with van der Waals surface area (Å²) in [7, 11) is 0. The largest absolute Gasteiger partial charge is 0.299 e. The number of pyridine rings is 1. The van der Waals surface area contributed by atoms with E-state index >= 15 is 0 Å². The molecule has 2 rings (SSSR count). The fourth-order valence-corrected chi connectivity index (χ4v) is 1.41. The molecular weight excluding hydrogens is 174 g/mol. The van der Waals surface area contributed by atoms with Crippen LogP contribution in [0.2, 0.25) is 0 Å². The van der Waals surface area contributed by atoms with E-state index in [9.17, 15) is 4.79 Å². The van der Waals surface area contributed by atoms with Crippen molar-refractivity contribution >= 4 is 23.1 Å². The van der Waals surface area contributed by atoms with Crippen molar-refractivity contribution in [3.8, 4) is 0 Å². The maximum Gasteiger partial charge on any atom is 0.142 e. The number of benzene rings is 1. The van der Waals surface area contributed by atoms with Crippen molar-refractivity contribution in [2.45, 2.75) is 0 Å². The first-order valence-electron chi connectivity index (χ1n) is 4.37. The minimum Gasteiger partial charge on any atom is -0.299 e. The number of allylic oxidation sites excluding steroid dienone is 1. The summed E-state index contributed by atoms with van der Waals surface area (Å²) in [4.78, 5) is 14.4. The molecule has 0 aliphatic rings. The van der Waals surface area contributed by atoms with E-state index in [-0.39, 0.29) is 0 Å². The van der Waals surface area contributed by atoms with Crippen molar-refractivity contribution < 1.29 is 4.79 Å². The van der Waals surface area contributed by atoms with Crippen LogP contribution in [0.5, 0.6) is 0 Å². The molecule has 2 heteroatoms. The number of hydrogen-bond donors (Lipinski definition) is 0. The first-order chi connectivity index (χ1) is 6.92. The lowest BCUT2D eigenvalue weighted by Gasteiger charge is -1.99. The highest BCUT2D eigenvalue weighted by Crippen LogP contribution is 2.16. The van der Waals surface area contributed by atoms with E-state index in [1.54, 1.807) is 12.3 Å². The highest BCUT2D eigenvalue weighted by molar-refractivity contribution is 5.90. The summed E-state index contributed by atoms with van der Waals surface area (Å²) >= 11 is 0. The molecule has 0 spiro atoms. The van der Waals surface area contributed by atoms with Crippen LogP contribution < -0.4 is 0 Å². The van der Waals surface area contributed by atoms with Crippen LogP contribution in [0.3, 0.4) is 0 Å². The summed E-state index contributed by atoms with van der Waals surface area (Å²) in [5, 5.41) is 2.20. The smallest absolute Gasteiger partial charge is 0.142 e. The average molecular weight is 183 g/mol. The van der Waals surface area contributed by atoms with Gasteiger partial charge in [-0.05, 0) is 23.6 Å². The monoisotopic (exact) mass is 183 g/mol. The molecule has 1 aromatic heterocycles. The number of carbonyl (C=O) groups excluding carboxylic acids is 1. The fourth-order valence-electron chi connectivity index (χ4n) is 1.41. The molecule has 0 unspecified atom stereocenters. The van der Waals surface area contributed by atoms with Gasteiger partial charge in [-0.15, -0.1) is 0 Å². The minimum absolute atomic E-state index is 0.753. The Hall–Kier alpha value is -1.96. The van der Waals surface area contributed by atoms with E-state index in [0.29, 0.717) is 0 Å². The van der Waals surface area contributed by atoms with Crippen molar-refractivity contribution in [2.75, 3.05) is 0 Å². The Kier molecular flexibility index (Phi) is 2.36. The number of fused-ring (bicyclic) bond motifs is 1. The molecule has 0 radical (unpaired) electrons. The molecule has 68 valence electrons. The molecule has 0 aliphatic heterocycles. The highest BCUT2D eigenvalue weighted by Gasteiger charge is 1.96. The Bertz CT molecular complexity index is 483. The van der Waals surface area contributed by atoms with Crippen molar-refractivity contribution in [3.05, 3.63) is 48.3 Å². The average Bonchev–Trinajstić information content (AvgIpc) is 2.26. The molecule has 0 atom stereocenters. The maximum atomic E-state index is 10.2. The summed E-state index contributed by atoms with van der Waals surface area (Å²) in [6.07, 6.45) is 5.67. The van der Waals surface area contributed by atoms with Gasteiger partial charge in [-0.25, -0.2) is 0 Å². The van der Waals surface area contributed by atoms with Crippen molar-refractivity contribution in [3.63, 3.8) is 0 Å². The summed E-state index contributed by atoms with van der Waals surface area (Å²) in [6.45, 7) is 0. The lowest BCUT2D eigenvalue weighted by atomic mass is 10.1. The SMILES string of the molecule is O=CC=Cc1nccc2ccccc12. The van der Waals surface area contributed by atoms with E-state index in [1.807, 2.05) is 30.3 Å². The zero-order valence-corrected chi connectivity index (χ0v) is 7.55. The van der Waals surface area contributed by atoms with Gasteiger partial charge in [-0.2, -0.15) is 0 Å². The Balaban J connectivity index is 2.64. The Morgan fingerprint density at radius 3 is 2.86 bits per heavy atom. The molecule has 0 N–H and O–H groups in total. The van der Waals surface area contributed by atoms with Crippen molar-refractivity contribution in [1.82, 2.24) is 4.98 Å². The van der Waals surface area contributed by atoms with E-state index < -0.39 is 0 Å². The molecule has 0 fully saturated rings. The van der Waals surface area contributed by atoms with Crippen LogP contribution >= 0.6 is 0 Å². The quantitative estimate of drug-likeness (QED) is 0.528. The molecule has 0 amide bonds. The molecular formula is C12H9NO. The lowest BCUT2D eigenvalue weighted by Crippen LogP contribution is -1.82. The van der Waals surface area contributed by atoms with Gasteiger partial charge in [0.1, 0.15) is 6.29 Å². The van der Waals surface area contributed by atoms with Crippen LogP contribution in [-0.2, 0) is 4.79 Å². The normalized spacial score (nSPS) is 10.9. The number of aldehydes is 1. The summed E-state index contributed by atoms with van der Waals surface area (Å²) in [5.74, 6) is 0. The molecule has 2 nitrogen and oxygen atoms in total. The Morgan fingerprint density at radius 2 is 2.00 bits per heavy atom. The van der Waals surface area contributed by atoms with Gasteiger partial charge < -0.3 is 0 Å². The third-order valence-electron chi connectivity index (χ3n) is 2.04. The van der Waals surface area contributed by atoms with Gasteiger partial charge in [0.25, 0.3) is 0 Å². The maximum absolute atomic E-state index is 10.2. The zero-order valence-electron chi connectivity index (χ0n) is 7.55. The summed E-state index contributed by atoms with van der Waals surface area (Å²) in [6, 6.07) is 9.91. The predicted molar refractivity (Wildman–Crippen MR) is 56.8 cm³/mol. The highest BCUT2D eigenvalue weighted by atomic mass is 16.1. The number of carbonyl (C=O) groups is 1. The molecule has 0 bridgehead atoms. The molecule has 2 aromatic rings. The number of rotatable bonds is 2. The first-order valence-corrected chi connectivity index (χ1v) is 4.37. The Morgan fingerprint density at radius 1 is 1.14 bits per heavy atom. The number of hydrogen-bond acceptors (Lipinski definition) is 2. The Labute approximate surface area is 81.9 Å². The molecule has 1 heterocycles. The van der Waals surface area contributed by atoms with Gasteiger partial charge in [-0.1, -0.05) is 24.3 Å². The second-order valence-corrected chi connectivity index (χ2v) is 2.91. The fraction of sp³-hybridized carbons (Fsp3) is 0. The first kappa shape index (κ1) is 8.63. The minimum atomic E-state index is 0.753. The van der Waals surface area contributed by atoms with Gasteiger partial charge in [0.05, 0.1) is 5.69 Å². The molecule has 0 saturated carbocycles. The standard InChI is InChI=1S/C12H9NO/c14-9-3-6-12-11-5-2-1-4-10(11)7-8-13-12/h1-9H. The summed E-state index contributed by atoms with van der Waals surface area (Å²) < 4.78 is 0. The van der Waals surface area contributed by atoms with Crippen LogP contribution in [0, 0.1) is 0 Å². The second-order valence-electron chi connectivity index (χ2n) is 2.91. The van der Waals surface area contributed by atoms with Gasteiger partial charge in [0.2, 0.25) is 0 Å². The zero-order chi connectivity index (χ0) is 9.80. The van der Waals surface area contributed by atoms with Gasteiger partial charge in [-0.3, -0.25) is 9.78 Å². The van der Waals surface area contributed by atoms with Gasteiger partial charge in [0, 0.05) is 11.6 Å². The van der Waals surface area contributed by atoms with Crippen molar-refractivity contribution in [2.24, 2.45) is 0 Å². The topological polar surface area (TPSA) is 30.0 Å². The summed E-state index contributed by atoms with van der Waals surface area (Å²) in [5.41, 5.74) is 0.829. The van der Waals surface area contributed by atoms with Crippen LogP contribution in [-0.4, -0.2) is 11.3 Å². The molecule has 14 heavy (non-hydrogen) atoms. The van der Waals surface area contributed by atoms with Gasteiger partial charge in [0.15, 0.2) is 0 Å². The third-order valence-corrected chi connectivity index (χ3v) is 2.04. The van der Waals surface area contributed by atoms with Crippen LogP contribution in [0.1, 0.15) is 5.69 Å². The van der Waals surface area contributed by atoms with E-state index in [0.717, 1.165) is 22.8 Å². The molecule has 1 aromatic carbocycles. The van der Waals surface area contributed by atoms with Crippen molar-refractivity contribution in [1.29, 1.82) is 0 Å². The van der Waals surface area contributed by atoms with Crippen LogP contribution in [0.15, 0.2) is 42.6 Å².